The summed E-state index contributed by atoms with van der Waals surface area (Å²) in [7, 11) is 0.171. The van der Waals surface area contributed by atoms with Gasteiger partial charge < -0.3 is 4.90 Å². The summed E-state index contributed by atoms with van der Waals surface area (Å²) in [6.07, 6.45) is 1.38. The Morgan fingerprint density at radius 2 is 1.79 bits per heavy atom. The molecular formula is C27H28ClFN4O3S2. The number of thiazole rings is 1. The zero-order chi connectivity index (χ0) is 26.2. The van der Waals surface area contributed by atoms with Gasteiger partial charge >= 0.3 is 0 Å². The van der Waals surface area contributed by atoms with Crippen LogP contribution in [-0.4, -0.2) is 57.9 Å². The Labute approximate surface area is 232 Å². The fraction of sp³-hybridized carbons (Fsp3) is 0.259. The van der Waals surface area contributed by atoms with E-state index >= 15 is 0 Å². The number of para-hydroxylation sites is 1. The van der Waals surface area contributed by atoms with Crippen LogP contribution in [0, 0.1) is 5.82 Å². The third-order valence-corrected chi connectivity index (χ3v) is 9.20. The Kier molecular flexibility index (Phi) is 8.37. The molecule has 7 nitrogen and oxygen atoms in total. The van der Waals surface area contributed by atoms with Crippen LogP contribution in [0.5, 0.6) is 0 Å². The lowest BCUT2D eigenvalue weighted by molar-refractivity contribution is 0.0986. The summed E-state index contributed by atoms with van der Waals surface area (Å²) in [5.41, 5.74) is 2.68. The van der Waals surface area contributed by atoms with Gasteiger partial charge in [-0.2, -0.15) is 0 Å². The molecule has 4 aromatic rings. The average Bonchev–Trinajstić information content (AvgIpc) is 3.50. The van der Waals surface area contributed by atoms with Gasteiger partial charge in [0.1, 0.15) is 5.82 Å². The van der Waals surface area contributed by atoms with E-state index in [9.17, 15) is 17.6 Å². The van der Waals surface area contributed by atoms with Crippen molar-refractivity contribution in [3.8, 4) is 0 Å². The molecule has 5 rings (SSSR count). The maximum absolute atomic E-state index is 13.7. The van der Waals surface area contributed by atoms with E-state index in [1.54, 1.807) is 23.1 Å². The number of rotatable bonds is 8. The van der Waals surface area contributed by atoms with Gasteiger partial charge in [-0.15, -0.1) is 12.4 Å². The molecule has 1 aromatic heterocycles. The van der Waals surface area contributed by atoms with E-state index in [1.165, 1.54) is 39.9 Å². The van der Waals surface area contributed by atoms with Crippen LogP contribution in [0.3, 0.4) is 0 Å². The Hall–Kier alpha value is -3.05. The van der Waals surface area contributed by atoms with E-state index in [-0.39, 0.29) is 29.0 Å². The van der Waals surface area contributed by atoms with Gasteiger partial charge in [0.15, 0.2) is 5.13 Å². The zero-order valence-corrected chi connectivity index (χ0v) is 23.5. The van der Waals surface area contributed by atoms with E-state index in [0.717, 1.165) is 12.1 Å². The molecule has 0 atom stereocenters. The standard InChI is InChI=1S/C27H27FN4O3S2.ClH/c1-30(2)15-5-16-31(27-29-23-13-10-21(28)18-25(23)36-27)26(33)20-8-11-22(12-9-20)37(34,35)32-17-14-19-6-3-4-7-24(19)32;/h3-4,6-13,18H,5,14-17H2,1-2H3;1H. The summed E-state index contributed by atoms with van der Waals surface area (Å²) in [5, 5.41) is 0.481. The summed E-state index contributed by atoms with van der Waals surface area (Å²) in [4.78, 5) is 21.9. The molecule has 2 heterocycles. The van der Waals surface area contributed by atoms with E-state index in [4.69, 9.17) is 0 Å². The topological polar surface area (TPSA) is 73.8 Å². The Bertz CT molecular complexity index is 1560. The molecule has 200 valence electrons. The Morgan fingerprint density at radius 1 is 1.05 bits per heavy atom. The quantitative estimate of drug-likeness (QED) is 0.289. The van der Waals surface area contributed by atoms with Crippen LogP contribution in [0.2, 0.25) is 0 Å². The van der Waals surface area contributed by atoms with E-state index < -0.39 is 10.0 Å². The van der Waals surface area contributed by atoms with Crippen molar-refractivity contribution in [1.29, 1.82) is 0 Å². The van der Waals surface area contributed by atoms with Gasteiger partial charge in [0.25, 0.3) is 15.9 Å². The molecule has 0 radical (unpaired) electrons. The largest absolute Gasteiger partial charge is 0.309 e. The van der Waals surface area contributed by atoms with E-state index in [1.807, 2.05) is 43.3 Å². The number of halogens is 2. The molecule has 1 aliphatic heterocycles. The van der Waals surface area contributed by atoms with Gasteiger partial charge in [0.05, 0.1) is 20.8 Å². The number of fused-ring (bicyclic) bond motifs is 2. The SMILES string of the molecule is CN(C)CCCN(C(=O)c1ccc(S(=O)(=O)N2CCc3ccccc32)cc1)c1nc2ccc(F)cc2s1.Cl. The van der Waals surface area contributed by atoms with Gasteiger partial charge in [-0.1, -0.05) is 29.5 Å². The van der Waals surface area contributed by atoms with Gasteiger partial charge in [-0.3, -0.25) is 14.0 Å². The van der Waals surface area contributed by atoms with Crippen molar-refractivity contribution in [2.24, 2.45) is 0 Å². The summed E-state index contributed by atoms with van der Waals surface area (Å²) in [5.74, 6) is -0.639. The molecule has 0 N–H and O–H groups in total. The molecule has 0 bridgehead atoms. The maximum Gasteiger partial charge on any atom is 0.264 e. The second kappa shape index (κ2) is 11.4. The molecule has 0 fully saturated rings. The maximum atomic E-state index is 13.7. The van der Waals surface area contributed by atoms with Gasteiger partial charge in [0, 0.05) is 18.7 Å². The zero-order valence-electron chi connectivity index (χ0n) is 21.0. The monoisotopic (exact) mass is 574 g/mol. The predicted octanol–water partition coefficient (Wildman–Crippen LogP) is 5.21. The molecule has 3 aromatic carbocycles. The number of sulfonamides is 1. The fourth-order valence-corrected chi connectivity index (χ4v) is 6.96. The number of carbonyl (C=O) groups excluding carboxylic acids is 1. The molecule has 38 heavy (non-hydrogen) atoms. The molecular weight excluding hydrogens is 547 g/mol. The normalized spacial score (nSPS) is 13.0. The fourth-order valence-electron chi connectivity index (χ4n) is 4.44. The average molecular weight is 575 g/mol. The summed E-state index contributed by atoms with van der Waals surface area (Å²) < 4.78 is 42.5. The van der Waals surface area contributed by atoms with Crippen molar-refractivity contribution < 1.29 is 17.6 Å². The second-order valence-corrected chi connectivity index (χ2v) is 12.1. The molecule has 0 aliphatic carbocycles. The van der Waals surface area contributed by atoms with E-state index in [2.05, 4.69) is 4.98 Å². The first kappa shape index (κ1) is 28.0. The minimum absolute atomic E-state index is 0. The van der Waals surface area contributed by atoms with Gasteiger partial charge in [-0.05, 0) is 87.6 Å². The van der Waals surface area contributed by atoms with Crippen molar-refractivity contribution in [3.05, 3.63) is 83.7 Å². The van der Waals surface area contributed by atoms with Crippen molar-refractivity contribution in [2.45, 2.75) is 17.7 Å². The van der Waals surface area contributed by atoms with Crippen LogP contribution >= 0.6 is 23.7 Å². The van der Waals surface area contributed by atoms with Crippen LogP contribution in [0.15, 0.2) is 71.6 Å². The number of carbonyl (C=O) groups is 1. The van der Waals surface area contributed by atoms with Crippen molar-refractivity contribution in [1.82, 2.24) is 9.88 Å². The van der Waals surface area contributed by atoms with Crippen LogP contribution in [0.25, 0.3) is 10.2 Å². The van der Waals surface area contributed by atoms with Crippen LogP contribution in [0.1, 0.15) is 22.3 Å². The highest BCUT2D eigenvalue weighted by Crippen LogP contribution is 2.33. The third kappa shape index (κ3) is 5.54. The lowest BCUT2D eigenvalue weighted by Gasteiger charge is -2.22. The van der Waals surface area contributed by atoms with E-state index in [0.29, 0.717) is 52.5 Å². The first-order valence-corrected chi connectivity index (χ1v) is 14.2. The number of hydrogen-bond donors (Lipinski definition) is 0. The van der Waals surface area contributed by atoms with Crippen molar-refractivity contribution in [3.63, 3.8) is 0 Å². The van der Waals surface area contributed by atoms with Gasteiger partial charge in [0.2, 0.25) is 0 Å². The van der Waals surface area contributed by atoms with Crippen LogP contribution < -0.4 is 9.21 Å². The minimum atomic E-state index is -3.75. The number of anilines is 2. The van der Waals surface area contributed by atoms with Crippen LogP contribution in [-0.2, 0) is 16.4 Å². The minimum Gasteiger partial charge on any atom is -0.309 e. The molecule has 0 unspecified atom stereocenters. The molecule has 0 saturated carbocycles. The summed E-state index contributed by atoms with van der Waals surface area (Å²) in [6.45, 7) is 1.59. The predicted molar refractivity (Wildman–Crippen MR) is 153 cm³/mol. The first-order chi connectivity index (χ1) is 17.7. The number of hydrogen-bond acceptors (Lipinski definition) is 6. The highest BCUT2D eigenvalue weighted by molar-refractivity contribution is 7.92. The van der Waals surface area contributed by atoms with Crippen molar-refractivity contribution in [2.75, 3.05) is 42.9 Å². The molecule has 1 aliphatic rings. The third-order valence-electron chi connectivity index (χ3n) is 6.34. The van der Waals surface area contributed by atoms with Gasteiger partial charge in [-0.25, -0.2) is 17.8 Å². The highest BCUT2D eigenvalue weighted by atomic mass is 35.5. The lowest BCUT2D eigenvalue weighted by Crippen LogP contribution is -2.33. The highest BCUT2D eigenvalue weighted by Gasteiger charge is 2.31. The second-order valence-electron chi connectivity index (χ2n) is 9.20. The number of nitrogens with zero attached hydrogens (tertiary/aromatic N) is 4. The number of amides is 1. The Morgan fingerprint density at radius 3 is 2.53 bits per heavy atom. The molecule has 0 saturated heterocycles. The van der Waals surface area contributed by atoms with Crippen molar-refractivity contribution >= 4 is 60.7 Å². The smallest absolute Gasteiger partial charge is 0.264 e. The summed E-state index contributed by atoms with van der Waals surface area (Å²) in [6, 6.07) is 17.9. The lowest BCUT2D eigenvalue weighted by atomic mass is 10.2. The molecule has 1 amide bonds. The molecule has 0 spiro atoms. The molecule has 11 heteroatoms. The number of benzene rings is 3. The summed E-state index contributed by atoms with van der Waals surface area (Å²) >= 11 is 1.26. The van der Waals surface area contributed by atoms with Crippen LogP contribution in [0.4, 0.5) is 15.2 Å². The Balaban J connectivity index is 0.00000336. The first-order valence-electron chi connectivity index (χ1n) is 12.0. The number of aromatic nitrogens is 1.